The van der Waals surface area contributed by atoms with E-state index >= 15 is 0 Å². The molecule has 0 saturated carbocycles. The van der Waals surface area contributed by atoms with Crippen molar-refractivity contribution in [3.63, 3.8) is 0 Å². The maximum absolute atomic E-state index is 12.8. The van der Waals surface area contributed by atoms with Gasteiger partial charge in [-0.2, -0.15) is 13.2 Å². The summed E-state index contributed by atoms with van der Waals surface area (Å²) in [4.78, 5) is 12.2. The SMILES string of the molecule is CC(N)CNC(=O)c1ccccc1Nc1cccc(C(F)(F)F)c1. The van der Waals surface area contributed by atoms with Gasteiger partial charge in [0.05, 0.1) is 16.8 Å². The smallest absolute Gasteiger partial charge is 0.355 e. The highest BCUT2D eigenvalue weighted by atomic mass is 19.4. The lowest BCUT2D eigenvalue weighted by Gasteiger charge is -2.14. The maximum atomic E-state index is 12.8. The molecule has 0 saturated heterocycles. The maximum Gasteiger partial charge on any atom is 0.416 e. The molecule has 0 heterocycles. The van der Waals surface area contributed by atoms with Crippen LogP contribution < -0.4 is 16.4 Å². The summed E-state index contributed by atoms with van der Waals surface area (Å²) < 4.78 is 38.4. The summed E-state index contributed by atoms with van der Waals surface area (Å²) in [6.45, 7) is 2.06. The van der Waals surface area contributed by atoms with Gasteiger partial charge in [-0.1, -0.05) is 18.2 Å². The molecule has 7 heteroatoms. The number of alkyl halides is 3. The van der Waals surface area contributed by atoms with Crippen LogP contribution in [-0.4, -0.2) is 18.5 Å². The zero-order chi connectivity index (χ0) is 17.7. The number of benzene rings is 2. The minimum Gasteiger partial charge on any atom is -0.355 e. The molecular formula is C17H18F3N3O. The Kier molecular flexibility index (Phi) is 5.46. The van der Waals surface area contributed by atoms with Crippen molar-refractivity contribution < 1.29 is 18.0 Å². The molecule has 0 aromatic heterocycles. The molecule has 0 aliphatic carbocycles. The van der Waals surface area contributed by atoms with Crippen molar-refractivity contribution in [1.29, 1.82) is 0 Å². The van der Waals surface area contributed by atoms with Gasteiger partial charge in [0.2, 0.25) is 0 Å². The first-order valence-electron chi connectivity index (χ1n) is 7.34. The van der Waals surface area contributed by atoms with E-state index < -0.39 is 11.7 Å². The number of hydrogen-bond acceptors (Lipinski definition) is 3. The monoisotopic (exact) mass is 337 g/mol. The van der Waals surface area contributed by atoms with Gasteiger partial charge in [0.25, 0.3) is 5.91 Å². The summed E-state index contributed by atoms with van der Waals surface area (Å²) in [5.41, 5.74) is 5.84. The van der Waals surface area contributed by atoms with Crippen molar-refractivity contribution in [2.45, 2.75) is 19.1 Å². The number of para-hydroxylation sites is 1. The lowest BCUT2D eigenvalue weighted by Crippen LogP contribution is -2.35. The van der Waals surface area contributed by atoms with Gasteiger partial charge in [-0.3, -0.25) is 4.79 Å². The van der Waals surface area contributed by atoms with Gasteiger partial charge in [0, 0.05) is 18.3 Å². The Labute approximate surface area is 137 Å². The predicted octanol–water partition coefficient (Wildman–Crippen LogP) is 3.53. The molecule has 0 radical (unpaired) electrons. The molecule has 4 N–H and O–H groups in total. The molecule has 128 valence electrons. The molecule has 0 spiro atoms. The molecule has 4 nitrogen and oxygen atoms in total. The first-order chi connectivity index (χ1) is 11.3. The number of carbonyl (C=O) groups excluding carboxylic acids is 1. The number of halogens is 3. The van der Waals surface area contributed by atoms with Crippen molar-refractivity contribution in [3.8, 4) is 0 Å². The molecule has 24 heavy (non-hydrogen) atoms. The minimum atomic E-state index is -4.42. The lowest BCUT2D eigenvalue weighted by atomic mass is 10.1. The Hall–Kier alpha value is -2.54. The Morgan fingerprint density at radius 2 is 1.88 bits per heavy atom. The van der Waals surface area contributed by atoms with E-state index in [1.807, 2.05) is 0 Å². The lowest BCUT2D eigenvalue weighted by molar-refractivity contribution is -0.137. The van der Waals surface area contributed by atoms with E-state index in [-0.39, 0.29) is 17.6 Å². The van der Waals surface area contributed by atoms with Crippen molar-refractivity contribution >= 4 is 17.3 Å². The number of anilines is 2. The first-order valence-corrected chi connectivity index (χ1v) is 7.34. The summed E-state index contributed by atoms with van der Waals surface area (Å²) in [5, 5.41) is 5.54. The summed E-state index contributed by atoms with van der Waals surface area (Å²) in [7, 11) is 0. The van der Waals surface area contributed by atoms with Crippen LogP contribution in [0.25, 0.3) is 0 Å². The van der Waals surface area contributed by atoms with Crippen LogP contribution in [0.4, 0.5) is 24.5 Å². The average Bonchev–Trinajstić information content (AvgIpc) is 2.52. The Morgan fingerprint density at radius 3 is 2.54 bits per heavy atom. The van der Waals surface area contributed by atoms with Crippen LogP contribution in [0.2, 0.25) is 0 Å². The second-order valence-electron chi connectivity index (χ2n) is 5.44. The van der Waals surface area contributed by atoms with Crippen molar-refractivity contribution in [2.24, 2.45) is 5.73 Å². The number of amides is 1. The van der Waals surface area contributed by atoms with Crippen LogP contribution in [0.15, 0.2) is 48.5 Å². The molecule has 2 aromatic rings. The highest BCUT2D eigenvalue weighted by Crippen LogP contribution is 2.31. The molecule has 0 aliphatic rings. The van der Waals surface area contributed by atoms with Gasteiger partial charge < -0.3 is 16.4 Å². The standard InChI is InChI=1S/C17H18F3N3O/c1-11(21)10-22-16(24)14-7-2-3-8-15(14)23-13-6-4-5-12(9-13)17(18,19)20/h2-9,11,23H,10,21H2,1H3,(H,22,24). The third-order valence-electron chi connectivity index (χ3n) is 3.23. The zero-order valence-corrected chi connectivity index (χ0v) is 13.0. The second kappa shape index (κ2) is 7.35. The van der Waals surface area contributed by atoms with Gasteiger partial charge >= 0.3 is 6.18 Å². The fraction of sp³-hybridized carbons (Fsp3) is 0.235. The number of carbonyl (C=O) groups is 1. The summed E-state index contributed by atoms with van der Waals surface area (Å²) >= 11 is 0. The van der Waals surface area contributed by atoms with Gasteiger partial charge in [0.1, 0.15) is 0 Å². The van der Waals surface area contributed by atoms with Crippen molar-refractivity contribution in [1.82, 2.24) is 5.32 Å². The van der Waals surface area contributed by atoms with Crippen LogP contribution in [0.3, 0.4) is 0 Å². The van der Waals surface area contributed by atoms with Crippen LogP contribution >= 0.6 is 0 Å². The molecule has 2 aromatic carbocycles. The summed E-state index contributed by atoms with van der Waals surface area (Å²) in [5.74, 6) is -0.345. The molecule has 0 aliphatic heterocycles. The van der Waals surface area contributed by atoms with Crippen molar-refractivity contribution in [3.05, 3.63) is 59.7 Å². The fourth-order valence-electron chi connectivity index (χ4n) is 2.07. The Balaban J connectivity index is 2.23. The highest BCUT2D eigenvalue weighted by molar-refractivity contribution is 6.00. The topological polar surface area (TPSA) is 67.1 Å². The van der Waals surface area contributed by atoms with Crippen LogP contribution in [0, 0.1) is 0 Å². The molecular weight excluding hydrogens is 319 g/mol. The van der Waals surface area contributed by atoms with E-state index in [1.165, 1.54) is 12.1 Å². The molecule has 0 bridgehead atoms. The van der Waals surface area contributed by atoms with Crippen LogP contribution in [0.1, 0.15) is 22.8 Å². The number of rotatable bonds is 5. The quantitative estimate of drug-likeness (QED) is 0.782. The molecule has 1 unspecified atom stereocenters. The molecule has 1 atom stereocenters. The number of hydrogen-bond donors (Lipinski definition) is 3. The van der Waals surface area contributed by atoms with E-state index in [0.717, 1.165) is 12.1 Å². The Bertz CT molecular complexity index is 714. The fourth-order valence-corrected chi connectivity index (χ4v) is 2.07. The van der Waals surface area contributed by atoms with Crippen molar-refractivity contribution in [2.75, 3.05) is 11.9 Å². The van der Waals surface area contributed by atoms with Gasteiger partial charge in [0.15, 0.2) is 0 Å². The summed E-state index contributed by atoms with van der Waals surface area (Å²) in [6, 6.07) is 11.2. The third-order valence-corrected chi connectivity index (χ3v) is 3.23. The molecule has 0 fully saturated rings. The largest absolute Gasteiger partial charge is 0.416 e. The zero-order valence-electron chi connectivity index (χ0n) is 13.0. The van der Waals surface area contributed by atoms with Gasteiger partial charge in [-0.15, -0.1) is 0 Å². The minimum absolute atomic E-state index is 0.197. The van der Waals surface area contributed by atoms with Gasteiger partial charge in [-0.05, 0) is 37.3 Å². The summed E-state index contributed by atoms with van der Waals surface area (Å²) in [6.07, 6.45) is -4.42. The van der Waals surface area contributed by atoms with E-state index in [9.17, 15) is 18.0 Å². The normalized spacial score (nSPS) is 12.5. The van der Waals surface area contributed by atoms with E-state index in [1.54, 1.807) is 31.2 Å². The van der Waals surface area contributed by atoms with E-state index in [0.29, 0.717) is 17.8 Å². The van der Waals surface area contributed by atoms with E-state index in [4.69, 9.17) is 5.73 Å². The van der Waals surface area contributed by atoms with E-state index in [2.05, 4.69) is 10.6 Å². The number of nitrogens with one attached hydrogen (secondary N) is 2. The number of nitrogens with two attached hydrogens (primary N) is 1. The van der Waals surface area contributed by atoms with Crippen LogP contribution in [0.5, 0.6) is 0 Å². The average molecular weight is 337 g/mol. The predicted molar refractivity (Wildman–Crippen MR) is 87.2 cm³/mol. The molecule has 1 amide bonds. The van der Waals surface area contributed by atoms with Gasteiger partial charge in [-0.25, -0.2) is 0 Å². The first kappa shape index (κ1) is 17.8. The Morgan fingerprint density at radius 1 is 1.17 bits per heavy atom. The second-order valence-corrected chi connectivity index (χ2v) is 5.44. The molecule has 2 rings (SSSR count). The third kappa shape index (κ3) is 4.73. The van der Waals surface area contributed by atoms with Crippen LogP contribution in [-0.2, 0) is 6.18 Å². The highest BCUT2D eigenvalue weighted by Gasteiger charge is 2.30.